The first-order valence-electron chi connectivity index (χ1n) is 6.42. The molecule has 0 fully saturated rings. The quantitative estimate of drug-likeness (QED) is 0.842. The van der Waals surface area contributed by atoms with E-state index >= 15 is 0 Å². The normalized spacial score (nSPS) is 10.2. The summed E-state index contributed by atoms with van der Waals surface area (Å²) < 4.78 is 0. The van der Waals surface area contributed by atoms with Gasteiger partial charge in [0.25, 0.3) is 5.91 Å². The third-order valence-corrected chi connectivity index (χ3v) is 3.12. The summed E-state index contributed by atoms with van der Waals surface area (Å²) in [4.78, 5) is 14.2. The van der Waals surface area contributed by atoms with Crippen LogP contribution in [0.25, 0.3) is 0 Å². The van der Waals surface area contributed by atoms with Gasteiger partial charge in [-0.1, -0.05) is 6.07 Å². The van der Waals surface area contributed by atoms with E-state index < -0.39 is 0 Å². The highest BCUT2D eigenvalue weighted by Gasteiger charge is 2.08. The molecular weight excluding hydrogens is 250 g/mol. The zero-order valence-electron chi connectivity index (χ0n) is 12.0. The van der Waals surface area contributed by atoms with E-state index in [1.807, 2.05) is 44.1 Å². The molecule has 104 valence electrons. The van der Waals surface area contributed by atoms with Crippen LogP contribution in [-0.2, 0) is 0 Å². The van der Waals surface area contributed by atoms with E-state index in [9.17, 15) is 4.79 Å². The van der Waals surface area contributed by atoms with Crippen molar-refractivity contribution in [2.75, 3.05) is 30.0 Å². The maximum Gasteiger partial charge on any atom is 0.255 e. The molecule has 3 N–H and O–H groups in total. The minimum absolute atomic E-state index is 0.155. The number of nitrogens with zero attached hydrogens (tertiary/aromatic N) is 1. The number of hydrogen-bond donors (Lipinski definition) is 2. The second-order valence-electron chi connectivity index (χ2n) is 4.97. The van der Waals surface area contributed by atoms with Crippen LogP contribution in [0.3, 0.4) is 0 Å². The van der Waals surface area contributed by atoms with Crippen molar-refractivity contribution < 1.29 is 4.79 Å². The molecule has 4 nitrogen and oxygen atoms in total. The molecule has 2 aromatic rings. The van der Waals surface area contributed by atoms with Gasteiger partial charge in [0.15, 0.2) is 0 Å². The van der Waals surface area contributed by atoms with E-state index in [4.69, 9.17) is 5.73 Å². The monoisotopic (exact) mass is 269 g/mol. The Hall–Kier alpha value is -2.49. The largest absolute Gasteiger partial charge is 0.399 e. The average Bonchev–Trinajstić information content (AvgIpc) is 2.40. The van der Waals surface area contributed by atoms with Gasteiger partial charge in [0.1, 0.15) is 0 Å². The Labute approximate surface area is 119 Å². The third kappa shape index (κ3) is 3.09. The van der Waals surface area contributed by atoms with E-state index in [0.717, 1.165) is 16.9 Å². The fraction of sp³-hybridized carbons (Fsp3) is 0.188. The molecule has 0 bridgehead atoms. The Bertz CT molecular complexity index is 635. The van der Waals surface area contributed by atoms with Gasteiger partial charge in [-0.2, -0.15) is 0 Å². The molecule has 1 amide bonds. The number of nitrogens with one attached hydrogen (secondary N) is 1. The number of anilines is 3. The summed E-state index contributed by atoms with van der Waals surface area (Å²) in [6.45, 7) is 1.97. The molecule has 0 radical (unpaired) electrons. The summed E-state index contributed by atoms with van der Waals surface area (Å²) >= 11 is 0. The molecule has 0 unspecified atom stereocenters. The van der Waals surface area contributed by atoms with Crippen LogP contribution < -0.4 is 16.0 Å². The second-order valence-corrected chi connectivity index (χ2v) is 4.97. The van der Waals surface area contributed by atoms with Crippen LogP contribution >= 0.6 is 0 Å². The molecule has 20 heavy (non-hydrogen) atoms. The van der Waals surface area contributed by atoms with Gasteiger partial charge < -0.3 is 16.0 Å². The van der Waals surface area contributed by atoms with E-state index in [-0.39, 0.29) is 5.91 Å². The molecule has 0 heterocycles. The predicted molar refractivity (Wildman–Crippen MR) is 84.3 cm³/mol. The lowest BCUT2D eigenvalue weighted by molar-refractivity contribution is 0.102. The van der Waals surface area contributed by atoms with Gasteiger partial charge in [-0.15, -0.1) is 0 Å². The third-order valence-electron chi connectivity index (χ3n) is 3.12. The minimum atomic E-state index is -0.155. The lowest BCUT2D eigenvalue weighted by atomic mass is 10.1. The molecule has 2 aromatic carbocycles. The van der Waals surface area contributed by atoms with Crippen LogP contribution in [0, 0.1) is 6.92 Å². The van der Waals surface area contributed by atoms with E-state index in [2.05, 4.69) is 5.32 Å². The van der Waals surface area contributed by atoms with Crippen molar-refractivity contribution in [3.05, 3.63) is 53.6 Å². The summed E-state index contributed by atoms with van der Waals surface area (Å²) in [5, 5.41) is 2.91. The molecular formula is C16H19N3O. The molecule has 0 saturated carbocycles. The first-order chi connectivity index (χ1) is 9.47. The highest BCUT2D eigenvalue weighted by molar-refractivity contribution is 6.05. The van der Waals surface area contributed by atoms with Crippen molar-refractivity contribution in [3.8, 4) is 0 Å². The van der Waals surface area contributed by atoms with Crippen LogP contribution in [0.2, 0.25) is 0 Å². The fourth-order valence-corrected chi connectivity index (χ4v) is 1.94. The number of aryl methyl sites for hydroxylation is 1. The summed E-state index contributed by atoms with van der Waals surface area (Å²) in [7, 11) is 3.97. The van der Waals surface area contributed by atoms with Crippen molar-refractivity contribution in [1.82, 2.24) is 0 Å². The van der Waals surface area contributed by atoms with Crippen molar-refractivity contribution >= 4 is 23.0 Å². The number of carbonyl (C=O) groups excluding carboxylic acids is 1. The van der Waals surface area contributed by atoms with Gasteiger partial charge in [0.05, 0.1) is 0 Å². The lowest BCUT2D eigenvalue weighted by Gasteiger charge is -2.15. The number of benzene rings is 2. The Morgan fingerprint density at radius 1 is 1.15 bits per heavy atom. The van der Waals surface area contributed by atoms with Crippen LogP contribution in [0.1, 0.15) is 15.9 Å². The van der Waals surface area contributed by atoms with Gasteiger partial charge in [-0.3, -0.25) is 4.79 Å². The number of amides is 1. The maximum absolute atomic E-state index is 12.2. The number of rotatable bonds is 3. The zero-order chi connectivity index (χ0) is 14.7. The van der Waals surface area contributed by atoms with E-state index in [1.54, 1.807) is 24.3 Å². The molecule has 0 aromatic heterocycles. The molecule has 0 spiro atoms. The molecule has 0 saturated heterocycles. The molecule has 4 heteroatoms. The summed E-state index contributed by atoms with van der Waals surface area (Å²) in [6.07, 6.45) is 0. The Balaban J connectivity index is 2.20. The first-order valence-corrected chi connectivity index (χ1v) is 6.42. The summed E-state index contributed by atoms with van der Waals surface area (Å²) in [5.41, 5.74) is 9.76. The van der Waals surface area contributed by atoms with Gasteiger partial charge in [0.2, 0.25) is 0 Å². The average molecular weight is 269 g/mol. The number of carbonyl (C=O) groups is 1. The number of hydrogen-bond acceptors (Lipinski definition) is 3. The molecule has 2 rings (SSSR count). The fourth-order valence-electron chi connectivity index (χ4n) is 1.94. The van der Waals surface area contributed by atoms with Crippen LogP contribution in [0.15, 0.2) is 42.5 Å². The Kier molecular flexibility index (Phi) is 3.94. The van der Waals surface area contributed by atoms with E-state index in [1.165, 1.54) is 0 Å². The van der Waals surface area contributed by atoms with Gasteiger partial charge >= 0.3 is 0 Å². The van der Waals surface area contributed by atoms with Crippen LogP contribution in [0.4, 0.5) is 17.1 Å². The zero-order valence-corrected chi connectivity index (χ0v) is 12.0. The second kappa shape index (κ2) is 5.65. The minimum Gasteiger partial charge on any atom is -0.399 e. The first kappa shape index (κ1) is 13.9. The Morgan fingerprint density at radius 2 is 1.90 bits per heavy atom. The van der Waals surface area contributed by atoms with Gasteiger partial charge in [-0.05, 0) is 48.9 Å². The van der Waals surface area contributed by atoms with Crippen molar-refractivity contribution in [1.29, 1.82) is 0 Å². The number of nitrogen functional groups attached to an aromatic ring is 1. The molecule has 0 atom stereocenters. The summed E-state index contributed by atoms with van der Waals surface area (Å²) in [5.74, 6) is -0.155. The highest BCUT2D eigenvalue weighted by atomic mass is 16.1. The van der Waals surface area contributed by atoms with Gasteiger partial charge in [0, 0.05) is 36.7 Å². The smallest absolute Gasteiger partial charge is 0.255 e. The standard InChI is InChI=1S/C16H19N3O/c1-11-9-14(19(2)3)7-8-15(11)18-16(20)12-5-4-6-13(17)10-12/h4-10H,17H2,1-3H3,(H,18,20). The predicted octanol–water partition coefficient (Wildman–Crippen LogP) is 2.90. The molecule has 0 aliphatic carbocycles. The lowest BCUT2D eigenvalue weighted by Crippen LogP contribution is -2.14. The van der Waals surface area contributed by atoms with E-state index in [0.29, 0.717) is 11.3 Å². The maximum atomic E-state index is 12.2. The van der Waals surface area contributed by atoms with Crippen molar-refractivity contribution in [3.63, 3.8) is 0 Å². The number of nitrogens with two attached hydrogens (primary N) is 1. The van der Waals surface area contributed by atoms with Crippen molar-refractivity contribution in [2.24, 2.45) is 0 Å². The summed E-state index contributed by atoms with van der Waals surface area (Å²) in [6, 6.07) is 12.9. The molecule has 0 aliphatic rings. The SMILES string of the molecule is Cc1cc(N(C)C)ccc1NC(=O)c1cccc(N)c1. The van der Waals surface area contributed by atoms with Crippen LogP contribution in [0.5, 0.6) is 0 Å². The van der Waals surface area contributed by atoms with Crippen molar-refractivity contribution in [2.45, 2.75) is 6.92 Å². The van der Waals surface area contributed by atoms with Gasteiger partial charge in [-0.25, -0.2) is 0 Å². The highest BCUT2D eigenvalue weighted by Crippen LogP contribution is 2.22. The Morgan fingerprint density at radius 3 is 2.50 bits per heavy atom. The molecule has 0 aliphatic heterocycles. The topological polar surface area (TPSA) is 58.4 Å². The van der Waals surface area contributed by atoms with Crippen LogP contribution in [-0.4, -0.2) is 20.0 Å².